The van der Waals surface area contributed by atoms with Crippen LogP contribution in [0.1, 0.15) is 17.2 Å². The van der Waals surface area contributed by atoms with Gasteiger partial charge in [0.1, 0.15) is 12.3 Å². The Hall–Kier alpha value is -4.44. The van der Waals surface area contributed by atoms with Gasteiger partial charge in [-0.05, 0) is 29.8 Å². The molecule has 7 nitrogen and oxygen atoms in total. The maximum atomic E-state index is 13.0. The number of ether oxygens (including phenoxy) is 1. The minimum atomic E-state index is -1.17. The number of nitriles is 1. The van der Waals surface area contributed by atoms with E-state index in [1.807, 2.05) is 72.8 Å². The molecular formula is C28H25N5O2. The number of hydrogen-bond donors (Lipinski definition) is 0. The molecule has 7 heteroatoms. The number of benzene rings is 3. The average molecular weight is 464 g/mol. The van der Waals surface area contributed by atoms with Gasteiger partial charge in [-0.3, -0.25) is 4.79 Å². The normalized spacial score (nSPS) is 14.4. The van der Waals surface area contributed by atoms with E-state index in [9.17, 15) is 10.1 Å². The molecule has 0 bridgehead atoms. The monoisotopic (exact) mass is 463 g/mol. The van der Waals surface area contributed by atoms with Gasteiger partial charge in [0.25, 0.3) is 0 Å². The Labute approximate surface area is 204 Å². The van der Waals surface area contributed by atoms with Crippen LogP contribution in [0.3, 0.4) is 0 Å². The van der Waals surface area contributed by atoms with Gasteiger partial charge >= 0.3 is 5.97 Å². The molecule has 1 aliphatic heterocycles. The van der Waals surface area contributed by atoms with Crippen LogP contribution in [-0.4, -0.2) is 42.1 Å². The fraction of sp³-hybridized carbons (Fsp3) is 0.214. The number of para-hydroxylation sites is 3. The van der Waals surface area contributed by atoms with Crippen LogP contribution in [0.4, 0.5) is 11.5 Å². The molecule has 1 atom stereocenters. The minimum absolute atomic E-state index is 0.101. The van der Waals surface area contributed by atoms with Gasteiger partial charge in [-0.1, -0.05) is 60.7 Å². The van der Waals surface area contributed by atoms with Crippen molar-refractivity contribution >= 4 is 28.5 Å². The van der Waals surface area contributed by atoms with Crippen LogP contribution in [0, 0.1) is 11.3 Å². The molecule has 2 heterocycles. The maximum absolute atomic E-state index is 13.0. The first kappa shape index (κ1) is 22.4. The zero-order chi connectivity index (χ0) is 24.0. The Kier molecular flexibility index (Phi) is 6.53. The summed E-state index contributed by atoms with van der Waals surface area (Å²) in [5.41, 5.74) is 3.75. The van der Waals surface area contributed by atoms with E-state index < -0.39 is 11.9 Å². The minimum Gasteiger partial charge on any atom is -0.460 e. The summed E-state index contributed by atoms with van der Waals surface area (Å²) in [4.78, 5) is 27.0. The molecule has 0 N–H and O–H groups in total. The molecule has 1 saturated heterocycles. The Bertz CT molecular complexity index is 1350. The molecule has 0 unspecified atom stereocenters. The lowest BCUT2D eigenvalue weighted by atomic mass is 10.1. The van der Waals surface area contributed by atoms with Crippen molar-refractivity contribution in [2.24, 2.45) is 0 Å². The van der Waals surface area contributed by atoms with Crippen LogP contribution in [-0.2, 0) is 16.1 Å². The van der Waals surface area contributed by atoms with E-state index in [1.165, 1.54) is 5.69 Å². The highest BCUT2D eigenvalue weighted by Crippen LogP contribution is 2.29. The summed E-state index contributed by atoms with van der Waals surface area (Å²) < 4.78 is 5.51. The second-order valence-electron chi connectivity index (χ2n) is 8.39. The van der Waals surface area contributed by atoms with Crippen molar-refractivity contribution in [1.29, 1.82) is 5.26 Å². The summed E-state index contributed by atoms with van der Waals surface area (Å²) in [6.07, 6.45) is 0. The molecule has 5 rings (SSSR count). The van der Waals surface area contributed by atoms with Gasteiger partial charge in [0.2, 0.25) is 0 Å². The Balaban J connectivity index is 1.42. The predicted octanol–water partition coefficient (Wildman–Crippen LogP) is 4.31. The van der Waals surface area contributed by atoms with Crippen LogP contribution in [0.2, 0.25) is 0 Å². The van der Waals surface area contributed by atoms with Gasteiger partial charge in [-0.2, -0.15) is 5.26 Å². The quantitative estimate of drug-likeness (QED) is 0.394. The zero-order valence-electron chi connectivity index (χ0n) is 19.2. The zero-order valence-corrected chi connectivity index (χ0v) is 19.2. The van der Waals surface area contributed by atoms with Crippen molar-refractivity contribution in [3.05, 3.63) is 96.2 Å². The molecule has 0 aliphatic carbocycles. The third-order valence-corrected chi connectivity index (χ3v) is 6.14. The molecule has 0 amide bonds. The lowest BCUT2D eigenvalue weighted by Gasteiger charge is -2.37. The van der Waals surface area contributed by atoms with Gasteiger partial charge in [0.05, 0.1) is 17.1 Å². The fourth-order valence-electron chi connectivity index (χ4n) is 4.28. The van der Waals surface area contributed by atoms with E-state index >= 15 is 0 Å². The Morgan fingerprint density at radius 1 is 0.829 bits per heavy atom. The maximum Gasteiger partial charge on any atom is 0.330 e. The highest BCUT2D eigenvalue weighted by atomic mass is 16.5. The van der Waals surface area contributed by atoms with Crippen LogP contribution in [0.25, 0.3) is 11.0 Å². The molecule has 4 aromatic rings. The SMILES string of the molecule is N#C[C@H](C(=O)OCc1ccccc1)c1nc2ccccc2nc1N1CCN(c2ccccc2)CC1. The van der Waals surface area contributed by atoms with Crippen molar-refractivity contribution in [1.82, 2.24) is 9.97 Å². The summed E-state index contributed by atoms with van der Waals surface area (Å²) in [5.74, 6) is -1.22. The largest absolute Gasteiger partial charge is 0.460 e. The summed E-state index contributed by atoms with van der Waals surface area (Å²) in [6, 6.07) is 29.3. The lowest BCUT2D eigenvalue weighted by Crippen LogP contribution is -2.47. The summed E-state index contributed by atoms with van der Waals surface area (Å²) in [5, 5.41) is 9.99. The summed E-state index contributed by atoms with van der Waals surface area (Å²) in [6.45, 7) is 3.10. The molecule has 174 valence electrons. The van der Waals surface area contributed by atoms with Crippen LogP contribution in [0.5, 0.6) is 0 Å². The number of anilines is 2. The fourth-order valence-corrected chi connectivity index (χ4v) is 4.28. The predicted molar refractivity (Wildman–Crippen MR) is 135 cm³/mol. The highest BCUT2D eigenvalue weighted by Gasteiger charge is 2.31. The smallest absolute Gasteiger partial charge is 0.330 e. The molecule has 35 heavy (non-hydrogen) atoms. The molecule has 0 radical (unpaired) electrons. The number of rotatable bonds is 6. The van der Waals surface area contributed by atoms with E-state index in [0.29, 0.717) is 30.1 Å². The first-order chi connectivity index (χ1) is 17.2. The molecular weight excluding hydrogens is 438 g/mol. The van der Waals surface area contributed by atoms with Crippen molar-refractivity contribution < 1.29 is 9.53 Å². The standard InChI is InChI=1S/C28H25N5O2/c29-19-23(28(34)35-20-21-9-3-1-4-10-21)26-27(31-25-14-8-7-13-24(25)30-26)33-17-15-32(16-18-33)22-11-5-2-6-12-22/h1-14,23H,15-18,20H2/t23-/m0/s1. The van der Waals surface area contributed by atoms with E-state index in [0.717, 1.165) is 24.2 Å². The number of carbonyl (C=O) groups is 1. The van der Waals surface area contributed by atoms with Crippen LogP contribution in [0.15, 0.2) is 84.9 Å². The van der Waals surface area contributed by atoms with Crippen molar-refractivity contribution in [3.8, 4) is 6.07 Å². The van der Waals surface area contributed by atoms with Gasteiger partial charge in [0.15, 0.2) is 11.7 Å². The van der Waals surface area contributed by atoms with Crippen LogP contribution < -0.4 is 9.80 Å². The topological polar surface area (TPSA) is 82.3 Å². The van der Waals surface area contributed by atoms with Crippen LogP contribution >= 0.6 is 0 Å². The summed E-state index contributed by atoms with van der Waals surface area (Å²) >= 11 is 0. The molecule has 0 saturated carbocycles. The van der Waals surface area contributed by atoms with E-state index in [2.05, 4.69) is 28.0 Å². The number of fused-ring (bicyclic) bond motifs is 1. The van der Waals surface area contributed by atoms with E-state index in [-0.39, 0.29) is 6.61 Å². The number of carbonyl (C=O) groups excluding carboxylic acids is 1. The van der Waals surface area contributed by atoms with Crippen molar-refractivity contribution in [3.63, 3.8) is 0 Å². The van der Waals surface area contributed by atoms with Gasteiger partial charge in [0, 0.05) is 31.9 Å². The molecule has 3 aromatic carbocycles. The van der Waals surface area contributed by atoms with Gasteiger partial charge < -0.3 is 14.5 Å². The Morgan fingerprint density at radius 3 is 2.06 bits per heavy atom. The average Bonchev–Trinajstić information content (AvgIpc) is 2.93. The number of hydrogen-bond acceptors (Lipinski definition) is 7. The first-order valence-corrected chi connectivity index (χ1v) is 11.6. The number of esters is 1. The number of piperazine rings is 1. The Morgan fingerprint density at radius 2 is 1.40 bits per heavy atom. The molecule has 1 fully saturated rings. The second-order valence-corrected chi connectivity index (χ2v) is 8.39. The highest BCUT2D eigenvalue weighted by molar-refractivity contribution is 5.85. The lowest BCUT2D eigenvalue weighted by molar-refractivity contribution is -0.145. The van der Waals surface area contributed by atoms with Crippen molar-refractivity contribution in [2.75, 3.05) is 36.0 Å². The second kappa shape index (κ2) is 10.2. The number of nitrogens with zero attached hydrogens (tertiary/aromatic N) is 5. The summed E-state index contributed by atoms with van der Waals surface area (Å²) in [7, 11) is 0. The van der Waals surface area contributed by atoms with Gasteiger partial charge in [-0.15, -0.1) is 0 Å². The van der Waals surface area contributed by atoms with E-state index in [1.54, 1.807) is 0 Å². The van der Waals surface area contributed by atoms with Gasteiger partial charge in [-0.25, -0.2) is 9.97 Å². The number of aromatic nitrogens is 2. The third kappa shape index (κ3) is 4.92. The molecule has 1 aliphatic rings. The van der Waals surface area contributed by atoms with Crippen molar-refractivity contribution in [2.45, 2.75) is 12.5 Å². The van der Waals surface area contributed by atoms with E-state index in [4.69, 9.17) is 14.7 Å². The molecule has 1 aromatic heterocycles. The molecule has 0 spiro atoms. The third-order valence-electron chi connectivity index (χ3n) is 6.14. The first-order valence-electron chi connectivity index (χ1n) is 11.6.